The van der Waals surface area contributed by atoms with Crippen molar-refractivity contribution in [1.29, 1.82) is 0 Å². The van der Waals surface area contributed by atoms with Gasteiger partial charge in [-0.15, -0.1) is 0 Å². The predicted octanol–water partition coefficient (Wildman–Crippen LogP) is 3.35. The third-order valence-electron chi connectivity index (χ3n) is 3.92. The SMILES string of the molecule is CCOc1cccc2c1N(Cc1ccc(C(=O)O)cc1)CC2. The zero-order valence-electron chi connectivity index (χ0n) is 12.6. The van der Waals surface area contributed by atoms with E-state index in [1.807, 2.05) is 31.2 Å². The Kier molecular flexibility index (Phi) is 4.00. The van der Waals surface area contributed by atoms with Crippen LogP contribution >= 0.6 is 0 Å². The topological polar surface area (TPSA) is 49.8 Å². The number of fused-ring (bicyclic) bond motifs is 1. The molecule has 0 aromatic heterocycles. The average Bonchev–Trinajstić information content (AvgIpc) is 2.92. The Balaban J connectivity index is 1.82. The molecule has 0 amide bonds. The van der Waals surface area contributed by atoms with E-state index in [4.69, 9.17) is 9.84 Å². The van der Waals surface area contributed by atoms with Crippen LogP contribution in [0.25, 0.3) is 0 Å². The second-order valence-corrected chi connectivity index (χ2v) is 5.37. The number of aromatic carboxylic acids is 1. The standard InChI is InChI=1S/C18H19NO3/c1-2-22-16-5-3-4-14-10-11-19(17(14)16)12-13-6-8-15(9-7-13)18(20)21/h3-9H,2,10-12H2,1H3,(H,20,21). The highest BCUT2D eigenvalue weighted by Gasteiger charge is 2.23. The molecule has 4 heteroatoms. The summed E-state index contributed by atoms with van der Waals surface area (Å²) in [5.41, 5.74) is 3.91. The summed E-state index contributed by atoms with van der Waals surface area (Å²) in [6.45, 7) is 4.36. The summed E-state index contributed by atoms with van der Waals surface area (Å²) in [4.78, 5) is 13.2. The zero-order valence-corrected chi connectivity index (χ0v) is 12.6. The molecule has 2 aromatic carbocycles. The monoisotopic (exact) mass is 297 g/mol. The van der Waals surface area contributed by atoms with E-state index in [-0.39, 0.29) is 0 Å². The molecule has 3 rings (SSSR count). The van der Waals surface area contributed by atoms with E-state index in [0.29, 0.717) is 12.2 Å². The van der Waals surface area contributed by atoms with Gasteiger partial charge in [-0.1, -0.05) is 24.3 Å². The zero-order chi connectivity index (χ0) is 15.5. The molecule has 0 saturated heterocycles. The number of rotatable bonds is 5. The van der Waals surface area contributed by atoms with Crippen LogP contribution in [-0.4, -0.2) is 24.2 Å². The van der Waals surface area contributed by atoms with Gasteiger partial charge in [0.25, 0.3) is 0 Å². The number of para-hydroxylation sites is 1. The Labute approximate surface area is 130 Å². The van der Waals surface area contributed by atoms with E-state index >= 15 is 0 Å². The lowest BCUT2D eigenvalue weighted by Crippen LogP contribution is -2.20. The molecule has 4 nitrogen and oxygen atoms in total. The fraction of sp³-hybridized carbons (Fsp3) is 0.278. The molecular formula is C18H19NO3. The van der Waals surface area contributed by atoms with E-state index in [1.54, 1.807) is 12.1 Å². The molecule has 0 spiro atoms. The number of carboxylic acid groups (broad SMARTS) is 1. The van der Waals surface area contributed by atoms with E-state index in [9.17, 15) is 4.79 Å². The van der Waals surface area contributed by atoms with Gasteiger partial charge in [0.2, 0.25) is 0 Å². The fourth-order valence-electron chi connectivity index (χ4n) is 2.90. The van der Waals surface area contributed by atoms with Gasteiger partial charge in [-0.3, -0.25) is 0 Å². The Morgan fingerprint density at radius 2 is 2.00 bits per heavy atom. The van der Waals surface area contributed by atoms with Gasteiger partial charge in [-0.05, 0) is 42.7 Å². The van der Waals surface area contributed by atoms with E-state index in [2.05, 4.69) is 11.0 Å². The van der Waals surface area contributed by atoms with Crippen molar-refractivity contribution in [3.05, 3.63) is 59.2 Å². The van der Waals surface area contributed by atoms with Crippen molar-refractivity contribution in [1.82, 2.24) is 0 Å². The second-order valence-electron chi connectivity index (χ2n) is 5.37. The fourth-order valence-corrected chi connectivity index (χ4v) is 2.90. The lowest BCUT2D eigenvalue weighted by molar-refractivity contribution is 0.0697. The minimum absolute atomic E-state index is 0.320. The summed E-state index contributed by atoms with van der Waals surface area (Å²) in [6.07, 6.45) is 1.02. The molecule has 0 radical (unpaired) electrons. The van der Waals surface area contributed by atoms with Crippen molar-refractivity contribution in [3.8, 4) is 5.75 Å². The molecule has 1 aliphatic rings. The Morgan fingerprint density at radius 3 is 2.68 bits per heavy atom. The summed E-state index contributed by atoms with van der Waals surface area (Å²) < 4.78 is 5.75. The molecule has 1 aliphatic heterocycles. The molecule has 0 aliphatic carbocycles. The van der Waals surface area contributed by atoms with Gasteiger partial charge in [-0.25, -0.2) is 4.79 Å². The molecule has 0 fully saturated rings. The largest absolute Gasteiger partial charge is 0.492 e. The lowest BCUT2D eigenvalue weighted by Gasteiger charge is -2.22. The molecular weight excluding hydrogens is 278 g/mol. The number of hydrogen-bond acceptors (Lipinski definition) is 3. The summed E-state index contributed by atoms with van der Waals surface area (Å²) in [5, 5.41) is 8.96. The van der Waals surface area contributed by atoms with Crippen molar-refractivity contribution >= 4 is 11.7 Å². The van der Waals surface area contributed by atoms with Crippen LogP contribution in [0.5, 0.6) is 5.75 Å². The molecule has 0 bridgehead atoms. The first-order valence-electron chi connectivity index (χ1n) is 7.51. The van der Waals surface area contributed by atoms with E-state index < -0.39 is 5.97 Å². The summed E-state index contributed by atoms with van der Waals surface area (Å²) in [7, 11) is 0. The van der Waals surface area contributed by atoms with Crippen LogP contribution in [0.2, 0.25) is 0 Å². The first kappa shape index (κ1) is 14.4. The summed E-state index contributed by atoms with van der Waals surface area (Å²) in [5.74, 6) is 0.0383. The molecule has 22 heavy (non-hydrogen) atoms. The van der Waals surface area contributed by atoms with Gasteiger partial charge in [-0.2, -0.15) is 0 Å². The van der Waals surface area contributed by atoms with Crippen LogP contribution in [0, 0.1) is 0 Å². The van der Waals surface area contributed by atoms with Crippen LogP contribution in [0.4, 0.5) is 5.69 Å². The Hall–Kier alpha value is -2.49. The van der Waals surface area contributed by atoms with Crippen LogP contribution in [-0.2, 0) is 13.0 Å². The summed E-state index contributed by atoms with van der Waals surface area (Å²) >= 11 is 0. The van der Waals surface area contributed by atoms with Crippen LogP contribution in [0.15, 0.2) is 42.5 Å². The highest BCUT2D eigenvalue weighted by atomic mass is 16.5. The molecule has 1 heterocycles. The van der Waals surface area contributed by atoms with Gasteiger partial charge in [0.05, 0.1) is 17.9 Å². The maximum Gasteiger partial charge on any atom is 0.335 e. The minimum atomic E-state index is -0.892. The van der Waals surface area contributed by atoms with Gasteiger partial charge in [0.1, 0.15) is 5.75 Å². The number of hydrogen-bond donors (Lipinski definition) is 1. The van der Waals surface area contributed by atoms with E-state index in [0.717, 1.165) is 30.8 Å². The van der Waals surface area contributed by atoms with Crippen molar-refractivity contribution in [2.75, 3.05) is 18.1 Å². The number of anilines is 1. The van der Waals surface area contributed by atoms with Gasteiger partial charge >= 0.3 is 5.97 Å². The molecule has 0 saturated carbocycles. The number of nitrogens with zero attached hydrogens (tertiary/aromatic N) is 1. The van der Waals surface area contributed by atoms with E-state index in [1.165, 1.54) is 11.3 Å². The highest BCUT2D eigenvalue weighted by molar-refractivity contribution is 5.87. The minimum Gasteiger partial charge on any atom is -0.492 e. The Bertz CT molecular complexity index is 679. The first-order valence-corrected chi connectivity index (χ1v) is 7.51. The van der Waals surface area contributed by atoms with Gasteiger partial charge < -0.3 is 14.7 Å². The summed E-state index contributed by atoms with van der Waals surface area (Å²) in [6, 6.07) is 13.3. The normalized spacial score (nSPS) is 13.0. The number of carbonyl (C=O) groups is 1. The lowest BCUT2D eigenvalue weighted by atomic mass is 10.1. The Morgan fingerprint density at radius 1 is 1.23 bits per heavy atom. The second kappa shape index (κ2) is 6.10. The average molecular weight is 297 g/mol. The quantitative estimate of drug-likeness (QED) is 0.919. The third kappa shape index (κ3) is 2.77. The number of benzene rings is 2. The van der Waals surface area contributed by atoms with Crippen LogP contribution in [0.1, 0.15) is 28.4 Å². The third-order valence-corrected chi connectivity index (χ3v) is 3.92. The van der Waals surface area contributed by atoms with Crippen molar-refractivity contribution < 1.29 is 14.6 Å². The molecule has 2 aromatic rings. The molecule has 1 N–H and O–H groups in total. The van der Waals surface area contributed by atoms with Crippen molar-refractivity contribution in [2.45, 2.75) is 19.9 Å². The molecule has 0 atom stereocenters. The van der Waals surface area contributed by atoms with Crippen molar-refractivity contribution in [2.24, 2.45) is 0 Å². The highest BCUT2D eigenvalue weighted by Crippen LogP contribution is 2.38. The van der Waals surface area contributed by atoms with Gasteiger partial charge in [0.15, 0.2) is 0 Å². The van der Waals surface area contributed by atoms with Gasteiger partial charge in [0, 0.05) is 13.1 Å². The molecule has 114 valence electrons. The predicted molar refractivity (Wildman–Crippen MR) is 85.8 cm³/mol. The maximum absolute atomic E-state index is 10.9. The van der Waals surface area contributed by atoms with Crippen molar-refractivity contribution in [3.63, 3.8) is 0 Å². The number of carboxylic acids is 1. The maximum atomic E-state index is 10.9. The first-order chi connectivity index (χ1) is 10.7. The smallest absolute Gasteiger partial charge is 0.335 e. The van der Waals surface area contributed by atoms with Crippen LogP contribution < -0.4 is 9.64 Å². The number of ether oxygens (including phenoxy) is 1. The van der Waals surface area contributed by atoms with Crippen LogP contribution in [0.3, 0.4) is 0 Å². The molecule has 0 unspecified atom stereocenters.